The summed E-state index contributed by atoms with van der Waals surface area (Å²) in [4.78, 5) is 23.4. The summed E-state index contributed by atoms with van der Waals surface area (Å²) in [6, 6.07) is 7.36. The molecule has 0 spiro atoms. The minimum Gasteiger partial charge on any atom is -0.492 e. The summed E-state index contributed by atoms with van der Waals surface area (Å²) in [5, 5.41) is 11.0. The van der Waals surface area contributed by atoms with Gasteiger partial charge in [0, 0.05) is 13.6 Å². The van der Waals surface area contributed by atoms with Gasteiger partial charge in [-0.3, -0.25) is 4.79 Å². The van der Waals surface area contributed by atoms with E-state index in [2.05, 4.69) is 5.32 Å². The van der Waals surface area contributed by atoms with Crippen LogP contribution in [0.5, 0.6) is 5.75 Å². The molecule has 0 radical (unpaired) electrons. The van der Waals surface area contributed by atoms with Crippen molar-refractivity contribution in [3.05, 3.63) is 29.8 Å². The number of rotatable bonds is 7. The van der Waals surface area contributed by atoms with Gasteiger partial charge in [0.2, 0.25) is 0 Å². The number of hydrogen-bond donors (Lipinski definition) is 2. The number of carbonyl (C=O) groups is 2. The third-order valence-electron chi connectivity index (χ3n) is 2.68. The third kappa shape index (κ3) is 6.08. The van der Waals surface area contributed by atoms with Crippen molar-refractivity contribution in [2.45, 2.75) is 13.3 Å². The first kappa shape index (κ1) is 15.8. The summed E-state index contributed by atoms with van der Waals surface area (Å²) in [5.41, 5.74) is 1.16. The Morgan fingerprint density at radius 3 is 2.55 bits per heavy atom. The van der Waals surface area contributed by atoms with Crippen LogP contribution < -0.4 is 10.1 Å². The number of amides is 2. The average Bonchev–Trinajstić information content (AvgIpc) is 2.40. The molecule has 0 bridgehead atoms. The van der Waals surface area contributed by atoms with Crippen molar-refractivity contribution in [3.8, 4) is 5.75 Å². The standard InChI is InChI=1S/C14H20N2O4/c1-11-3-5-12(6-4-11)20-10-9-16(2)14(19)15-8-7-13(17)18/h3-6H,7-10H2,1-2H3,(H,15,19)(H,17,18). The highest BCUT2D eigenvalue weighted by molar-refractivity contribution is 5.74. The second-order valence-corrected chi connectivity index (χ2v) is 4.46. The first-order valence-corrected chi connectivity index (χ1v) is 6.39. The zero-order valence-corrected chi connectivity index (χ0v) is 11.8. The first-order chi connectivity index (χ1) is 9.49. The predicted molar refractivity (Wildman–Crippen MR) is 75.0 cm³/mol. The smallest absolute Gasteiger partial charge is 0.317 e. The SMILES string of the molecule is Cc1ccc(OCCN(C)C(=O)NCCC(=O)O)cc1. The number of aryl methyl sites for hydroxylation is 1. The number of aliphatic carboxylic acids is 1. The largest absolute Gasteiger partial charge is 0.492 e. The molecule has 6 heteroatoms. The fourth-order valence-corrected chi connectivity index (χ4v) is 1.45. The number of hydrogen-bond acceptors (Lipinski definition) is 3. The van der Waals surface area contributed by atoms with E-state index in [0.717, 1.165) is 11.3 Å². The second-order valence-electron chi connectivity index (χ2n) is 4.46. The van der Waals surface area contributed by atoms with Crippen molar-refractivity contribution in [2.24, 2.45) is 0 Å². The Labute approximate surface area is 118 Å². The number of nitrogens with zero attached hydrogens (tertiary/aromatic N) is 1. The van der Waals surface area contributed by atoms with Crippen LogP contribution in [-0.2, 0) is 4.79 Å². The summed E-state index contributed by atoms with van der Waals surface area (Å²) in [6.45, 7) is 2.93. The van der Waals surface area contributed by atoms with Gasteiger partial charge in [-0.1, -0.05) is 17.7 Å². The molecule has 0 aliphatic heterocycles. The van der Waals surface area contributed by atoms with Gasteiger partial charge < -0.3 is 20.1 Å². The fraction of sp³-hybridized carbons (Fsp3) is 0.429. The van der Waals surface area contributed by atoms with Crippen LogP contribution in [0.3, 0.4) is 0 Å². The van der Waals surface area contributed by atoms with Crippen molar-refractivity contribution < 1.29 is 19.4 Å². The summed E-state index contributed by atoms with van der Waals surface area (Å²) >= 11 is 0. The number of nitrogens with one attached hydrogen (secondary N) is 1. The lowest BCUT2D eigenvalue weighted by Gasteiger charge is -2.18. The Morgan fingerprint density at radius 2 is 1.95 bits per heavy atom. The normalized spacial score (nSPS) is 9.90. The Kier molecular flexibility index (Phi) is 6.36. The van der Waals surface area contributed by atoms with E-state index in [1.807, 2.05) is 31.2 Å². The molecule has 6 nitrogen and oxygen atoms in total. The maximum absolute atomic E-state index is 11.6. The van der Waals surface area contributed by atoms with E-state index in [1.165, 1.54) is 4.90 Å². The van der Waals surface area contributed by atoms with Crippen molar-refractivity contribution in [3.63, 3.8) is 0 Å². The molecule has 1 aromatic rings. The van der Waals surface area contributed by atoms with Crippen LogP contribution in [0.4, 0.5) is 4.79 Å². The molecule has 20 heavy (non-hydrogen) atoms. The molecule has 0 aliphatic rings. The second kappa shape index (κ2) is 8.04. The van der Waals surface area contributed by atoms with Crippen LogP contribution in [-0.4, -0.2) is 48.8 Å². The van der Waals surface area contributed by atoms with Crippen LogP contribution in [0.1, 0.15) is 12.0 Å². The van der Waals surface area contributed by atoms with E-state index in [9.17, 15) is 9.59 Å². The van der Waals surface area contributed by atoms with E-state index in [4.69, 9.17) is 9.84 Å². The monoisotopic (exact) mass is 280 g/mol. The number of carbonyl (C=O) groups excluding carboxylic acids is 1. The van der Waals surface area contributed by atoms with E-state index in [0.29, 0.717) is 13.2 Å². The molecular weight excluding hydrogens is 260 g/mol. The lowest BCUT2D eigenvalue weighted by atomic mass is 10.2. The van der Waals surface area contributed by atoms with Crippen LogP contribution in [0, 0.1) is 6.92 Å². The lowest BCUT2D eigenvalue weighted by molar-refractivity contribution is -0.136. The van der Waals surface area contributed by atoms with Gasteiger partial charge in [-0.15, -0.1) is 0 Å². The maximum Gasteiger partial charge on any atom is 0.317 e. The molecular formula is C14H20N2O4. The van der Waals surface area contributed by atoms with Crippen molar-refractivity contribution in [2.75, 3.05) is 26.7 Å². The zero-order chi connectivity index (χ0) is 15.0. The van der Waals surface area contributed by atoms with Crippen LogP contribution in [0.2, 0.25) is 0 Å². The average molecular weight is 280 g/mol. The maximum atomic E-state index is 11.6. The van der Waals surface area contributed by atoms with E-state index in [-0.39, 0.29) is 19.0 Å². The summed E-state index contributed by atoms with van der Waals surface area (Å²) < 4.78 is 5.51. The number of benzene rings is 1. The van der Waals surface area contributed by atoms with Crippen molar-refractivity contribution in [1.29, 1.82) is 0 Å². The summed E-state index contributed by atoms with van der Waals surface area (Å²) in [7, 11) is 1.63. The molecule has 0 heterocycles. The third-order valence-corrected chi connectivity index (χ3v) is 2.68. The predicted octanol–water partition coefficient (Wildman–Crippen LogP) is 1.49. The molecule has 0 atom stereocenters. The van der Waals surface area contributed by atoms with E-state index < -0.39 is 5.97 Å². The molecule has 110 valence electrons. The Bertz CT molecular complexity index is 445. The van der Waals surface area contributed by atoms with Crippen LogP contribution in [0.15, 0.2) is 24.3 Å². The molecule has 0 aromatic heterocycles. The van der Waals surface area contributed by atoms with Gasteiger partial charge in [0.25, 0.3) is 0 Å². The number of likely N-dealkylation sites (N-methyl/N-ethyl adjacent to an activating group) is 1. The van der Waals surface area contributed by atoms with Gasteiger partial charge in [-0.25, -0.2) is 4.79 Å². The van der Waals surface area contributed by atoms with Gasteiger partial charge >= 0.3 is 12.0 Å². The lowest BCUT2D eigenvalue weighted by Crippen LogP contribution is -2.40. The van der Waals surface area contributed by atoms with Crippen LogP contribution in [0.25, 0.3) is 0 Å². The molecule has 0 saturated heterocycles. The van der Waals surface area contributed by atoms with Crippen LogP contribution >= 0.6 is 0 Å². The quantitative estimate of drug-likeness (QED) is 0.793. The van der Waals surface area contributed by atoms with Crippen molar-refractivity contribution in [1.82, 2.24) is 10.2 Å². The molecule has 1 rings (SSSR count). The van der Waals surface area contributed by atoms with Gasteiger partial charge in [0.05, 0.1) is 13.0 Å². The molecule has 0 saturated carbocycles. The summed E-state index contributed by atoms with van der Waals surface area (Å²) in [5.74, 6) is -0.175. The Hall–Kier alpha value is -2.24. The molecule has 0 fully saturated rings. The molecule has 0 aliphatic carbocycles. The molecule has 2 N–H and O–H groups in total. The minimum atomic E-state index is -0.935. The van der Waals surface area contributed by atoms with Gasteiger partial charge in [-0.05, 0) is 19.1 Å². The fourth-order valence-electron chi connectivity index (χ4n) is 1.45. The van der Waals surface area contributed by atoms with Gasteiger partial charge in [-0.2, -0.15) is 0 Å². The zero-order valence-electron chi connectivity index (χ0n) is 11.8. The first-order valence-electron chi connectivity index (χ1n) is 6.39. The van der Waals surface area contributed by atoms with Gasteiger partial charge in [0.1, 0.15) is 12.4 Å². The molecule has 1 aromatic carbocycles. The highest BCUT2D eigenvalue weighted by Crippen LogP contribution is 2.10. The highest BCUT2D eigenvalue weighted by atomic mass is 16.5. The molecule has 0 unspecified atom stereocenters. The molecule has 2 amide bonds. The van der Waals surface area contributed by atoms with Gasteiger partial charge in [0.15, 0.2) is 0 Å². The number of ether oxygens (including phenoxy) is 1. The minimum absolute atomic E-state index is 0.0839. The van der Waals surface area contributed by atoms with Crippen molar-refractivity contribution >= 4 is 12.0 Å². The Balaban J connectivity index is 2.21. The highest BCUT2D eigenvalue weighted by Gasteiger charge is 2.08. The number of carboxylic acids is 1. The number of carboxylic acid groups (broad SMARTS) is 1. The summed E-state index contributed by atoms with van der Waals surface area (Å²) in [6.07, 6.45) is -0.0839. The Morgan fingerprint density at radius 1 is 1.30 bits per heavy atom. The number of urea groups is 1. The van der Waals surface area contributed by atoms with E-state index >= 15 is 0 Å². The topological polar surface area (TPSA) is 78.9 Å². The van der Waals surface area contributed by atoms with E-state index in [1.54, 1.807) is 7.05 Å².